The molecule has 0 bridgehead atoms. The van der Waals surface area contributed by atoms with Gasteiger partial charge in [0.2, 0.25) is 0 Å². The molecule has 1 aliphatic heterocycles. The summed E-state index contributed by atoms with van der Waals surface area (Å²) >= 11 is 7.77. The van der Waals surface area contributed by atoms with Gasteiger partial charge >= 0.3 is 0 Å². The van der Waals surface area contributed by atoms with E-state index in [1.165, 1.54) is 22.2 Å². The standard InChI is InChI=1S/C26H31ClN4O2S/c1-16(2)24-28-25(23-20-9-4-17(3)14-21(20)34-26(23)29-24)31-12-10-30(11-13-31)22(32)15-33-19-7-5-18(27)6-8-19/h5-8,16-17H,4,9-15H2,1-3H3/t17-/m1/s1. The first-order valence-electron chi connectivity index (χ1n) is 12.1. The number of fused-ring (bicyclic) bond motifs is 3. The normalized spacial score (nSPS) is 18.4. The first kappa shape index (κ1) is 23.4. The number of halogens is 1. The van der Waals surface area contributed by atoms with Gasteiger partial charge in [0.25, 0.3) is 5.91 Å². The van der Waals surface area contributed by atoms with Crippen LogP contribution in [0.2, 0.25) is 5.02 Å². The molecule has 3 aromatic rings. The maximum absolute atomic E-state index is 12.8. The van der Waals surface area contributed by atoms with E-state index in [0.717, 1.165) is 48.3 Å². The van der Waals surface area contributed by atoms with Crippen LogP contribution in [0.25, 0.3) is 10.2 Å². The highest BCUT2D eigenvalue weighted by Gasteiger charge is 2.29. The molecule has 1 atom stereocenters. The maximum atomic E-state index is 12.8. The molecule has 2 aromatic heterocycles. The van der Waals surface area contributed by atoms with E-state index in [1.807, 2.05) is 16.2 Å². The van der Waals surface area contributed by atoms with Crippen molar-refractivity contribution < 1.29 is 9.53 Å². The van der Waals surface area contributed by atoms with Gasteiger partial charge in [0, 0.05) is 42.0 Å². The van der Waals surface area contributed by atoms with Crippen LogP contribution in [0.3, 0.4) is 0 Å². The molecular weight excluding hydrogens is 468 g/mol. The molecule has 0 radical (unpaired) electrons. The second-order valence-corrected chi connectivity index (χ2v) is 11.2. The largest absolute Gasteiger partial charge is 0.484 e. The van der Waals surface area contributed by atoms with E-state index in [2.05, 4.69) is 25.7 Å². The van der Waals surface area contributed by atoms with E-state index in [0.29, 0.717) is 23.9 Å². The topological polar surface area (TPSA) is 58.6 Å². The highest BCUT2D eigenvalue weighted by Crippen LogP contribution is 2.41. The van der Waals surface area contributed by atoms with Gasteiger partial charge in [-0.1, -0.05) is 32.4 Å². The number of anilines is 1. The lowest BCUT2D eigenvalue weighted by Gasteiger charge is -2.36. The zero-order chi connectivity index (χ0) is 23.8. The van der Waals surface area contributed by atoms with E-state index in [-0.39, 0.29) is 18.4 Å². The Balaban J connectivity index is 1.32. The van der Waals surface area contributed by atoms with E-state index < -0.39 is 0 Å². The Labute approximate surface area is 209 Å². The molecule has 1 fully saturated rings. The van der Waals surface area contributed by atoms with Crippen LogP contribution in [-0.4, -0.2) is 53.6 Å². The first-order chi connectivity index (χ1) is 16.4. The Kier molecular flexibility index (Phi) is 6.67. The summed E-state index contributed by atoms with van der Waals surface area (Å²) in [5, 5.41) is 1.90. The number of hydrogen-bond acceptors (Lipinski definition) is 6. The fraction of sp³-hybridized carbons (Fsp3) is 0.500. The molecular formula is C26H31ClN4O2S. The molecule has 0 saturated carbocycles. The monoisotopic (exact) mass is 498 g/mol. The summed E-state index contributed by atoms with van der Waals surface area (Å²) in [6.07, 6.45) is 3.47. The molecule has 0 N–H and O–H groups in total. The molecule has 8 heteroatoms. The van der Waals surface area contributed by atoms with Gasteiger partial charge in [0.05, 0.1) is 5.39 Å². The van der Waals surface area contributed by atoms with Crippen LogP contribution in [0, 0.1) is 5.92 Å². The summed E-state index contributed by atoms with van der Waals surface area (Å²) in [6, 6.07) is 7.08. The molecule has 3 heterocycles. The SMILES string of the molecule is CC(C)c1nc(N2CCN(C(=O)COc3ccc(Cl)cc3)CC2)c2c3c(sc2n1)C[C@H](C)CC3. The number of aryl methyl sites for hydroxylation is 1. The van der Waals surface area contributed by atoms with Crippen LogP contribution >= 0.6 is 22.9 Å². The minimum atomic E-state index is 0.00667. The zero-order valence-electron chi connectivity index (χ0n) is 20.0. The van der Waals surface area contributed by atoms with Crippen LogP contribution < -0.4 is 9.64 Å². The summed E-state index contributed by atoms with van der Waals surface area (Å²) < 4.78 is 5.66. The number of aromatic nitrogens is 2. The highest BCUT2D eigenvalue weighted by atomic mass is 35.5. The molecule has 180 valence electrons. The van der Waals surface area contributed by atoms with Crippen molar-refractivity contribution in [3.63, 3.8) is 0 Å². The molecule has 1 aliphatic carbocycles. The molecule has 0 spiro atoms. The lowest BCUT2D eigenvalue weighted by atomic mass is 9.89. The fourth-order valence-corrected chi connectivity index (χ4v) is 6.27. The number of piperazine rings is 1. The predicted octanol–water partition coefficient (Wildman–Crippen LogP) is 5.32. The summed E-state index contributed by atoms with van der Waals surface area (Å²) in [4.78, 5) is 29.6. The molecule has 6 nitrogen and oxygen atoms in total. The third-order valence-corrected chi connectivity index (χ3v) is 8.18. The van der Waals surface area contributed by atoms with Crippen LogP contribution in [-0.2, 0) is 17.6 Å². The van der Waals surface area contributed by atoms with Crippen molar-refractivity contribution in [3.05, 3.63) is 45.6 Å². The number of ether oxygens (including phenoxy) is 1. The number of carbonyl (C=O) groups is 1. The van der Waals surface area contributed by atoms with Gasteiger partial charge in [-0.25, -0.2) is 9.97 Å². The molecule has 1 amide bonds. The van der Waals surface area contributed by atoms with Crippen molar-refractivity contribution in [1.82, 2.24) is 14.9 Å². The van der Waals surface area contributed by atoms with Crippen molar-refractivity contribution >= 4 is 44.9 Å². The summed E-state index contributed by atoms with van der Waals surface area (Å²) in [5.74, 6) is 3.62. The van der Waals surface area contributed by atoms with Crippen LogP contribution in [0.5, 0.6) is 5.75 Å². The Morgan fingerprint density at radius 1 is 1.18 bits per heavy atom. The van der Waals surface area contributed by atoms with E-state index in [9.17, 15) is 4.79 Å². The van der Waals surface area contributed by atoms with Gasteiger partial charge in [-0.2, -0.15) is 0 Å². The summed E-state index contributed by atoms with van der Waals surface area (Å²) in [6.45, 7) is 9.52. The number of carbonyl (C=O) groups excluding carboxylic acids is 1. The van der Waals surface area contributed by atoms with E-state index in [1.54, 1.807) is 24.3 Å². The first-order valence-corrected chi connectivity index (χ1v) is 13.3. The molecule has 34 heavy (non-hydrogen) atoms. The van der Waals surface area contributed by atoms with E-state index >= 15 is 0 Å². The van der Waals surface area contributed by atoms with Crippen molar-refractivity contribution in [1.29, 1.82) is 0 Å². The van der Waals surface area contributed by atoms with Gasteiger partial charge in [-0.05, 0) is 55.0 Å². The fourth-order valence-electron chi connectivity index (χ4n) is 4.76. The Hall–Kier alpha value is -2.38. The Morgan fingerprint density at radius 3 is 2.62 bits per heavy atom. The second-order valence-electron chi connectivity index (χ2n) is 9.70. The quantitative estimate of drug-likeness (QED) is 0.476. The number of amides is 1. The molecule has 0 unspecified atom stereocenters. The van der Waals surface area contributed by atoms with Gasteiger partial charge in [-0.3, -0.25) is 4.79 Å². The molecule has 1 aromatic carbocycles. The number of hydrogen-bond donors (Lipinski definition) is 0. The lowest BCUT2D eigenvalue weighted by Crippen LogP contribution is -2.50. The number of thiophene rings is 1. The third-order valence-electron chi connectivity index (χ3n) is 6.78. The van der Waals surface area contributed by atoms with Crippen LogP contribution in [0.4, 0.5) is 5.82 Å². The van der Waals surface area contributed by atoms with Gasteiger partial charge in [-0.15, -0.1) is 11.3 Å². The Bertz CT molecular complexity index is 1190. The molecule has 5 rings (SSSR count). The number of benzene rings is 1. The van der Waals surface area contributed by atoms with Crippen molar-refractivity contribution in [2.75, 3.05) is 37.7 Å². The predicted molar refractivity (Wildman–Crippen MR) is 138 cm³/mol. The van der Waals surface area contributed by atoms with Gasteiger partial charge < -0.3 is 14.5 Å². The lowest BCUT2D eigenvalue weighted by molar-refractivity contribution is -0.133. The van der Waals surface area contributed by atoms with Crippen LogP contribution in [0.1, 0.15) is 49.4 Å². The maximum Gasteiger partial charge on any atom is 0.260 e. The Morgan fingerprint density at radius 2 is 1.91 bits per heavy atom. The highest BCUT2D eigenvalue weighted by molar-refractivity contribution is 7.19. The average Bonchev–Trinajstić information content (AvgIpc) is 3.20. The minimum Gasteiger partial charge on any atom is -0.484 e. The third kappa shape index (κ3) is 4.73. The number of nitrogens with zero attached hydrogens (tertiary/aromatic N) is 4. The second kappa shape index (κ2) is 9.70. The number of rotatable bonds is 5. The molecule has 1 saturated heterocycles. The summed E-state index contributed by atoms with van der Waals surface area (Å²) in [5.41, 5.74) is 1.46. The molecule has 2 aliphatic rings. The smallest absolute Gasteiger partial charge is 0.260 e. The zero-order valence-corrected chi connectivity index (χ0v) is 21.6. The average molecular weight is 499 g/mol. The van der Waals surface area contributed by atoms with Crippen molar-refractivity contribution in [3.8, 4) is 5.75 Å². The van der Waals surface area contributed by atoms with Gasteiger partial charge in [0.1, 0.15) is 22.2 Å². The van der Waals surface area contributed by atoms with Crippen molar-refractivity contribution in [2.45, 2.75) is 46.0 Å². The van der Waals surface area contributed by atoms with Crippen LogP contribution in [0.15, 0.2) is 24.3 Å². The minimum absolute atomic E-state index is 0.00667. The summed E-state index contributed by atoms with van der Waals surface area (Å²) in [7, 11) is 0. The van der Waals surface area contributed by atoms with E-state index in [4.69, 9.17) is 26.3 Å². The van der Waals surface area contributed by atoms with Gasteiger partial charge in [0.15, 0.2) is 6.61 Å². The van der Waals surface area contributed by atoms with Crippen molar-refractivity contribution in [2.24, 2.45) is 5.92 Å².